The fraction of sp³-hybridized carbons (Fsp3) is 0.333. The number of hydrogen-bond donors (Lipinski definition) is 1. The molecule has 0 aliphatic heterocycles. The summed E-state index contributed by atoms with van der Waals surface area (Å²) >= 11 is 3.50. The smallest absolute Gasteiger partial charge is 0.0782 e. The molecule has 0 aliphatic rings. The zero-order valence-electron chi connectivity index (χ0n) is 11.4. The summed E-state index contributed by atoms with van der Waals surface area (Å²) < 4.78 is 1.10. The molecule has 1 heterocycles. The van der Waals surface area contributed by atoms with E-state index in [2.05, 4.69) is 63.3 Å². The van der Waals surface area contributed by atoms with E-state index in [9.17, 15) is 0 Å². The third-order valence-electron chi connectivity index (χ3n) is 3.18. The first kappa shape index (κ1) is 14.2. The van der Waals surface area contributed by atoms with Crippen LogP contribution < -0.4 is 5.32 Å². The van der Waals surface area contributed by atoms with Crippen molar-refractivity contribution >= 4 is 15.9 Å². The predicted octanol–water partition coefficient (Wildman–Crippen LogP) is 3.96. The molecule has 100 valence electrons. The van der Waals surface area contributed by atoms with Gasteiger partial charge in [-0.05, 0) is 38.5 Å². The lowest BCUT2D eigenvalue weighted by Gasteiger charge is -2.21. The Morgan fingerprint density at radius 3 is 2.53 bits per heavy atom. The van der Waals surface area contributed by atoms with E-state index in [1.54, 1.807) is 12.4 Å². The molecular weight excluding hydrogens is 302 g/mol. The van der Waals surface area contributed by atoms with Crippen molar-refractivity contribution in [3.05, 3.63) is 58.1 Å². The van der Waals surface area contributed by atoms with Gasteiger partial charge in [0.15, 0.2) is 0 Å². The maximum atomic E-state index is 4.41. The Balaban J connectivity index is 2.11. The number of halogens is 1. The number of nitrogens with zero attached hydrogens (tertiary/aromatic N) is 2. The lowest BCUT2D eigenvalue weighted by Crippen LogP contribution is -2.24. The molecule has 2 rings (SSSR count). The van der Waals surface area contributed by atoms with Gasteiger partial charge in [-0.25, -0.2) is 0 Å². The fourth-order valence-electron chi connectivity index (χ4n) is 2.17. The molecule has 0 amide bonds. The third kappa shape index (κ3) is 3.61. The van der Waals surface area contributed by atoms with Crippen molar-refractivity contribution in [1.82, 2.24) is 15.3 Å². The van der Waals surface area contributed by atoms with Crippen molar-refractivity contribution in [2.45, 2.75) is 32.9 Å². The van der Waals surface area contributed by atoms with E-state index in [1.165, 1.54) is 5.56 Å². The zero-order valence-corrected chi connectivity index (χ0v) is 13.0. The van der Waals surface area contributed by atoms with Crippen molar-refractivity contribution in [3.63, 3.8) is 0 Å². The SMILES string of the molecule is Cc1nccnc1C(C)N[C@H](C)c1cccc(Br)c1. The molecule has 0 aliphatic carbocycles. The maximum absolute atomic E-state index is 4.41. The molecule has 0 fully saturated rings. The van der Waals surface area contributed by atoms with Gasteiger partial charge in [0, 0.05) is 29.0 Å². The topological polar surface area (TPSA) is 37.8 Å². The Morgan fingerprint density at radius 2 is 1.84 bits per heavy atom. The van der Waals surface area contributed by atoms with E-state index in [0.29, 0.717) is 0 Å². The standard InChI is InChI=1S/C15H18BrN3/c1-10(13-5-4-6-14(16)9-13)19-12(3)15-11(2)17-7-8-18-15/h4-10,12,19H,1-3H3/t10-,12?/m1/s1. The second kappa shape index (κ2) is 6.26. The van der Waals surface area contributed by atoms with Crippen LogP contribution in [0, 0.1) is 6.92 Å². The van der Waals surface area contributed by atoms with Crippen molar-refractivity contribution in [2.75, 3.05) is 0 Å². The van der Waals surface area contributed by atoms with E-state index in [-0.39, 0.29) is 12.1 Å². The lowest BCUT2D eigenvalue weighted by atomic mass is 10.1. The van der Waals surface area contributed by atoms with Crippen molar-refractivity contribution in [1.29, 1.82) is 0 Å². The van der Waals surface area contributed by atoms with Gasteiger partial charge >= 0.3 is 0 Å². The summed E-state index contributed by atoms with van der Waals surface area (Å²) in [6, 6.07) is 8.77. The second-order valence-electron chi connectivity index (χ2n) is 4.69. The van der Waals surface area contributed by atoms with Crippen LogP contribution in [0.2, 0.25) is 0 Å². The average molecular weight is 320 g/mol. The highest BCUT2D eigenvalue weighted by molar-refractivity contribution is 9.10. The molecule has 2 atom stereocenters. The largest absolute Gasteiger partial charge is 0.302 e. The van der Waals surface area contributed by atoms with Crippen LogP contribution in [-0.2, 0) is 0 Å². The van der Waals surface area contributed by atoms with Crippen LogP contribution in [0.25, 0.3) is 0 Å². The molecule has 2 aromatic rings. The van der Waals surface area contributed by atoms with Gasteiger partial charge in [-0.2, -0.15) is 0 Å². The second-order valence-corrected chi connectivity index (χ2v) is 5.61. The van der Waals surface area contributed by atoms with Crippen LogP contribution in [0.3, 0.4) is 0 Å². The average Bonchev–Trinajstić information content (AvgIpc) is 2.39. The van der Waals surface area contributed by atoms with E-state index < -0.39 is 0 Å². The summed E-state index contributed by atoms with van der Waals surface area (Å²) in [5, 5.41) is 3.56. The molecule has 0 bridgehead atoms. The summed E-state index contributed by atoms with van der Waals surface area (Å²) in [7, 11) is 0. The number of aryl methyl sites for hydroxylation is 1. The van der Waals surface area contributed by atoms with Gasteiger partial charge in [-0.3, -0.25) is 9.97 Å². The van der Waals surface area contributed by atoms with Gasteiger partial charge < -0.3 is 5.32 Å². The first-order valence-electron chi connectivity index (χ1n) is 6.37. The Bertz CT molecular complexity index is 557. The van der Waals surface area contributed by atoms with Gasteiger partial charge in [0.2, 0.25) is 0 Å². The van der Waals surface area contributed by atoms with Gasteiger partial charge in [0.25, 0.3) is 0 Å². The van der Waals surface area contributed by atoms with Gasteiger partial charge in [-0.1, -0.05) is 28.1 Å². The lowest BCUT2D eigenvalue weighted by molar-refractivity contribution is 0.482. The Kier molecular flexibility index (Phi) is 4.66. The highest BCUT2D eigenvalue weighted by Crippen LogP contribution is 2.21. The van der Waals surface area contributed by atoms with Crippen LogP contribution in [0.1, 0.15) is 42.9 Å². The quantitative estimate of drug-likeness (QED) is 0.926. The van der Waals surface area contributed by atoms with Crippen LogP contribution >= 0.6 is 15.9 Å². The fourth-order valence-corrected chi connectivity index (χ4v) is 2.59. The van der Waals surface area contributed by atoms with E-state index >= 15 is 0 Å². The molecular formula is C15H18BrN3. The van der Waals surface area contributed by atoms with Crippen molar-refractivity contribution in [3.8, 4) is 0 Å². The molecule has 1 aromatic heterocycles. The number of rotatable bonds is 4. The van der Waals surface area contributed by atoms with E-state index in [1.807, 2.05) is 13.0 Å². The minimum atomic E-state index is 0.169. The number of benzene rings is 1. The number of hydrogen-bond acceptors (Lipinski definition) is 3. The normalized spacial score (nSPS) is 14.1. The Morgan fingerprint density at radius 1 is 1.11 bits per heavy atom. The highest BCUT2D eigenvalue weighted by Gasteiger charge is 2.14. The van der Waals surface area contributed by atoms with E-state index in [0.717, 1.165) is 15.9 Å². The predicted molar refractivity (Wildman–Crippen MR) is 80.9 cm³/mol. The summed E-state index contributed by atoms with van der Waals surface area (Å²) in [4.78, 5) is 8.69. The first-order valence-corrected chi connectivity index (χ1v) is 7.16. The third-order valence-corrected chi connectivity index (χ3v) is 3.67. The molecule has 1 aromatic carbocycles. The number of nitrogens with one attached hydrogen (secondary N) is 1. The minimum absolute atomic E-state index is 0.169. The molecule has 19 heavy (non-hydrogen) atoms. The summed E-state index contributed by atoms with van der Waals surface area (Å²) in [6.45, 7) is 6.26. The highest BCUT2D eigenvalue weighted by atomic mass is 79.9. The van der Waals surface area contributed by atoms with Crippen LogP contribution in [-0.4, -0.2) is 9.97 Å². The van der Waals surface area contributed by atoms with Crippen LogP contribution in [0.15, 0.2) is 41.1 Å². The summed E-state index contributed by atoms with van der Waals surface area (Å²) in [5.74, 6) is 0. The van der Waals surface area contributed by atoms with Gasteiger partial charge in [0.05, 0.1) is 11.4 Å². The molecule has 0 radical (unpaired) electrons. The van der Waals surface area contributed by atoms with E-state index in [4.69, 9.17) is 0 Å². The molecule has 0 spiro atoms. The first-order chi connectivity index (χ1) is 9.08. The molecule has 0 saturated carbocycles. The molecule has 4 heteroatoms. The van der Waals surface area contributed by atoms with Gasteiger partial charge in [-0.15, -0.1) is 0 Å². The Hall–Kier alpha value is -1.26. The maximum Gasteiger partial charge on any atom is 0.0782 e. The molecule has 1 unspecified atom stereocenters. The summed E-state index contributed by atoms with van der Waals surface area (Å²) in [5.41, 5.74) is 3.23. The van der Waals surface area contributed by atoms with Crippen molar-refractivity contribution < 1.29 is 0 Å². The number of aromatic nitrogens is 2. The zero-order chi connectivity index (χ0) is 13.8. The Labute approximate surface area is 122 Å². The summed E-state index contributed by atoms with van der Waals surface area (Å²) in [6.07, 6.45) is 3.47. The van der Waals surface area contributed by atoms with Crippen LogP contribution in [0.5, 0.6) is 0 Å². The minimum Gasteiger partial charge on any atom is -0.302 e. The molecule has 1 N–H and O–H groups in total. The monoisotopic (exact) mass is 319 g/mol. The van der Waals surface area contributed by atoms with Crippen LogP contribution in [0.4, 0.5) is 0 Å². The van der Waals surface area contributed by atoms with Gasteiger partial charge in [0.1, 0.15) is 0 Å². The molecule has 3 nitrogen and oxygen atoms in total. The van der Waals surface area contributed by atoms with Crippen molar-refractivity contribution in [2.24, 2.45) is 0 Å². The molecule has 0 saturated heterocycles.